The van der Waals surface area contributed by atoms with E-state index in [1.807, 2.05) is 91.0 Å². The molecule has 6 aromatic rings. The van der Waals surface area contributed by atoms with Crippen molar-refractivity contribution in [2.24, 2.45) is 0 Å². The first-order valence-corrected chi connectivity index (χ1v) is 22.0. The van der Waals surface area contributed by atoms with E-state index in [1.165, 1.54) is 19.4 Å². The zero-order valence-electron chi connectivity index (χ0n) is 35.8. The van der Waals surface area contributed by atoms with E-state index < -0.39 is 19.1 Å². The van der Waals surface area contributed by atoms with Crippen LogP contribution in [0.5, 0.6) is 11.5 Å². The molecule has 0 aliphatic heterocycles. The summed E-state index contributed by atoms with van der Waals surface area (Å²) in [7, 11) is -0.147. The summed E-state index contributed by atoms with van der Waals surface area (Å²) in [6.07, 6.45) is 8.06. The lowest BCUT2D eigenvalue weighted by atomic mass is 9.75. The molecule has 12 nitrogen and oxygen atoms in total. The molecule has 334 valence electrons. The van der Waals surface area contributed by atoms with Gasteiger partial charge in [-0.15, -0.1) is 0 Å². The highest BCUT2D eigenvalue weighted by Gasteiger charge is 2.27. The second-order valence-corrected chi connectivity index (χ2v) is 15.8. The van der Waals surface area contributed by atoms with Gasteiger partial charge in [0.25, 0.3) is 0 Å². The zero-order chi connectivity index (χ0) is 46.1. The first-order chi connectivity index (χ1) is 31.5. The first kappa shape index (κ1) is 48.4. The molecule has 0 saturated heterocycles. The van der Waals surface area contributed by atoms with Crippen LogP contribution in [0, 0.1) is 0 Å². The van der Waals surface area contributed by atoms with Crippen molar-refractivity contribution in [3.05, 3.63) is 182 Å². The van der Waals surface area contributed by atoms with Gasteiger partial charge >= 0.3 is 19.1 Å². The zero-order valence-corrected chi connectivity index (χ0v) is 38.0. The molecular formula is C49H46BCl3N4O8. The SMILES string of the molecule is CCOC(=O)c1ccnc(C2=C(c3cc(Cl)ccc3OCc3ccccc3)CCC2)n1.COC(=O)c1ccnc(Cl)n1.OB(O)C1=C(c2cc(Cl)ccc2OCc2ccccc2)CCC1. The second-order valence-electron chi connectivity index (χ2n) is 14.6. The number of ether oxygens (including phenoxy) is 4. The highest BCUT2D eigenvalue weighted by atomic mass is 35.5. The predicted molar refractivity (Wildman–Crippen MR) is 252 cm³/mol. The minimum absolute atomic E-state index is 0.0351. The minimum Gasteiger partial charge on any atom is -0.488 e. The molecule has 0 amide bonds. The van der Waals surface area contributed by atoms with Gasteiger partial charge in [-0.3, -0.25) is 0 Å². The van der Waals surface area contributed by atoms with E-state index in [4.69, 9.17) is 49.0 Å². The average Bonchev–Trinajstić information content (AvgIpc) is 4.03. The van der Waals surface area contributed by atoms with Crippen LogP contribution in [0.25, 0.3) is 16.7 Å². The molecule has 65 heavy (non-hydrogen) atoms. The smallest absolute Gasteiger partial charge is 0.484 e. The fraction of sp³-hybridized carbons (Fsp3) is 0.224. The Labute approximate surface area is 393 Å². The Kier molecular flexibility index (Phi) is 18.1. The van der Waals surface area contributed by atoms with E-state index in [-0.39, 0.29) is 16.7 Å². The van der Waals surface area contributed by atoms with Crippen molar-refractivity contribution in [1.82, 2.24) is 19.9 Å². The minimum atomic E-state index is -1.42. The van der Waals surface area contributed by atoms with E-state index >= 15 is 0 Å². The molecule has 0 fully saturated rings. The number of hydrogen-bond acceptors (Lipinski definition) is 12. The molecule has 2 aliphatic rings. The Morgan fingerprint density at radius 3 is 1.71 bits per heavy atom. The van der Waals surface area contributed by atoms with E-state index in [0.29, 0.717) is 53.3 Å². The van der Waals surface area contributed by atoms with Crippen LogP contribution in [-0.2, 0) is 22.7 Å². The number of esters is 2. The molecule has 0 unspecified atom stereocenters. The van der Waals surface area contributed by atoms with Crippen molar-refractivity contribution in [1.29, 1.82) is 0 Å². The van der Waals surface area contributed by atoms with Crippen LogP contribution in [-0.4, -0.2) is 62.8 Å². The lowest BCUT2D eigenvalue weighted by molar-refractivity contribution is 0.0518. The van der Waals surface area contributed by atoms with Crippen molar-refractivity contribution in [2.45, 2.75) is 58.7 Å². The maximum absolute atomic E-state index is 12.1. The Morgan fingerprint density at radius 1 is 0.631 bits per heavy atom. The number of carbonyl (C=O) groups excluding carboxylic acids is 2. The number of methoxy groups -OCH3 is 1. The molecule has 2 N–H and O–H groups in total. The number of hydrogen-bond donors (Lipinski definition) is 2. The normalized spacial score (nSPS) is 13.0. The quantitative estimate of drug-likeness (QED) is 0.0641. The highest BCUT2D eigenvalue weighted by molar-refractivity contribution is 6.52. The largest absolute Gasteiger partial charge is 0.488 e. The van der Waals surface area contributed by atoms with Crippen molar-refractivity contribution < 1.29 is 38.6 Å². The molecule has 0 spiro atoms. The van der Waals surface area contributed by atoms with Gasteiger partial charge in [-0.2, -0.15) is 0 Å². The van der Waals surface area contributed by atoms with Crippen LogP contribution < -0.4 is 9.47 Å². The van der Waals surface area contributed by atoms with Crippen LogP contribution >= 0.6 is 34.8 Å². The van der Waals surface area contributed by atoms with Crippen LogP contribution in [0.4, 0.5) is 0 Å². The van der Waals surface area contributed by atoms with Crippen molar-refractivity contribution >= 4 is 70.6 Å². The van der Waals surface area contributed by atoms with Gasteiger partial charge in [0.1, 0.15) is 24.7 Å². The molecule has 8 rings (SSSR count). The Bertz CT molecular complexity index is 2630. The van der Waals surface area contributed by atoms with Crippen LogP contribution in [0.15, 0.2) is 127 Å². The Morgan fingerprint density at radius 2 is 1.15 bits per heavy atom. The molecule has 4 aromatic carbocycles. The fourth-order valence-electron chi connectivity index (χ4n) is 7.22. The lowest BCUT2D eigenvalue weighted by Gasteiger charge is -2.15. The molecule has 2 aromatic heterocycles. The van der Waals surface area contributed by atoms with E-state index in [0.717, 1.165) is 76.8 Å². The summed E-state index contributed by atoms with van der Waals surface area (Å²) in [4.78, 5) is 39.0. The first-order valence-electron chi connectivity index (χ1n) is 20.8. The summed E-state index contributed by atoms with van der Waals surface area (Å²) >= 11 is 17.9. The number of benzene rings is 4. The third-order valence-corrected chi connectivity index (χ3v) is 10.9. The van der Waals surface area contributed by atoms with E-state index in [1.54, 1.807) is 25.3 Å². The molecule has 0 atom stereocenters. The lowest BCUT2D eigenvalue weighted by Crippen LogP contribution is -2.15. The molecule has 0 radical (unpaired) electrons. The average molecular weight is 936 g/mol. The van der Waals surface area contributed by atoms with Gasteiger partial charge < -0.3 is 29.0 Å². The maximum Gasteiger partial charge on any atom is 0.484 e. The van der Waals surface area contributed by atoms with Gasteiger partial charge in [0, 0.05) is 39.1 Å². The van der Waals surface area contributed by atoms with Crippen LogP contribution in [0.3, 0.4) is 0 Å². The summed E-state index contributed by atoms with van der Waals surface area (Å²) < 4.78 is 21.6. The maximum atomic E-state index is 12.1. The van der Waals surface area contributed by atoms with Gasteiger partial charge in [0.15, 0.2) is 17.2 Å². The van der Waals surface area contributed by atoms with Crippen LogP contribution in [0.2, 0.25) is 15.3 Å². The number of nitrogens with zero attached hydrogens (tertiary/aromatic N) is 4. The standard InChI is InChI=1S/C25H23ClN2O3.C18H18BClO3.C6H5ClN2O2/c1-2-30-25(29)22-13-14-27-24(28-22)20-10-6-9-19(20)21-15-18(26)11-12-23(21)31-16-17-7-4-3-5-8-17;20-14-9-10-18(23-12-13-5-2-1-3-6-13)16(11-14)15-7-4-8-17(15)19(21)22;1-11-5(10)4-2-3-8-6(7)9-4/h3-5,7-8,11-15H,2,6,9-10,16H2,1H3;1-3,5-6,9-11,21-22H,4,7-8,12H2;2-3H,1H3. The Balaban J connectivity index is 0.000000180. The van der Waals surface area contributed by atoms with Gasteiger partial charge in [0.05, 0.1) is 13.7 Å². The van der Waals surface area contributed by atoms with E-state index in [2.05, 4.69) is 24.7 Å². The third kappa shape index (κ3) is 13.7. The monoisotopic (exact) mass is 934 g/mol. The van der Waals surface area contributed by atoms with Gasteiger partial charge in [-0.1, -0.05) is 83.9 Å². The van der Waals surface area contributed by atoms with Gasteiger partial charge in [-0.25, -0.2) is 29.5 Å². The van der Waals surface area contributed by atoms with Gasteiger partial charge in [-0.05, 0) is 133 Å². The molecule has 2 heterocycles. The number of carbonyl (C=O) groups is 2. The number of allylic oxidation sites excluding steroid dienone is 4. The van der Waals surface area contributed by atoms with E-state index in [9.17, 15) is 19.6 Å². The van der Waals surface area contributed by atoms with Crippen LogP contribution in [0.1, 0.15) is 94.5 Å². The highest BCUT2D eigenvalue weighted by Crippen LogP contribution is 2.43. The number of aromatic nitrogens is 4. The molecular weight excluding hydrogens is 890 g/mol. The summed E-state index contributed by atoms with van der Waals surface area (Å²) in [5.74, 6) is 1.07. The fourth-order valence-corrected chi connectivity index (χ4v) is 7.71. The van der Waals surface area contributed by atoms with Crippen molar-refractivity contribution in [2.75, 3.05) is 13.7 Å². The summed E-state index contributed by atoms with van der Waals surface area (Å²) in [6, 6.07) is 34.1. The summed E-state index contributed by atoms with van der Waals surface area (Å²) in [5, 5.41) is 20.4. The van der Waals surface area contributed by atoms with Crippen molar-refractivity contribution in [3.63, 3.8) is 0 Å². The molecule has 0 bridgehead atoms. The molecule has 2 aliphatic carbocycles. The Hall–Kier alpha value is -6.09. The summed E-state index contributed by atoms with van der Waals surface area (Å²) in [6.45, 7) is 3.00. The third-order valence-electron chi connectivity index (χ3n) is 10.2. The van der Waals surface area contributed by atoms with Gasteiger partial charge in [0.2, 0.25) is 5.28 Å². The summed E-state index contributed by atoms with van der Waals surface area (Å²) in [5.41, 5.74) is 8.11. The number of rotatable bonds is 13. The molecule has 16 heteroatoms. The molecule has 0 saturated carbocycles. The topological polar surface area (TPSA) is 163 Å². The second kappa shape index (κ2) is 24.3. The number of halogens is 3. The van der Waals surface area contributed by atoms with Crippen molar-refractivity contribution in [3.8, 4) is 11.5 Å². The predicted octanol–water partition coefficient (Wildman–Crippen LogP) is 10.8.